The number of carbonyl (C=O) groups excluding carboxylic acids is 1. The Bertz CT molecular complexity index is 1080. The van der Waals surface area contributed by atoms with Gasteiger partial charge in [-0.15, -0.1) is 0 Å². The molecule has 0 bridgehead atoms. The van der Waals surface area contributed by atoms with Crippen molar-refractivity contribution in [2.24, 2.45) is 16.6 Å². The zero-order valence-electron chi connectivity index (χ0n) is 17.1. The van der Waals surface area contributed by atoms with Crippen LogP contribution in [0.25, 0.3) is 0 Å². The third-order valence-corrected chi connectivity index (χ3v) is 6.07. The number of H-pyrrole nitrogens is 1. The maximum absolute atomic E-state index is 11.9. The van der Waals surface area contributed by atoms with Crippen molar-refractivity contribution in [2.45, 2.75) is 24.7 Å². The fraction of sp³-hybridized carbons (Fsp3) is 0.286. The lowest BCUT2D eigenvalue weighted by Crippen LogP contribution is -2.42. The van der Waals surface area contributed by atoms with Crippen LogP contribution in [-0.4, -0.2) is 39.3 Å². The molecule has 1 aromatic heterocycles. The Labute approximate surface area is 184 Å². The first-order chi connectivity index (χ1) is 15.1. The molecule has 0 atom stereocenters. The van der Waals surface area contributed by atoms with Crippen LogP contribution in [0.5, 0.6) is 0 Å². The average Bonchev–Trinajstić information content (AvgIpc) is 3.41. The van der Waals surface area contributed by atoms with Gasteiger partial charge in [-0.25, -0.2) is 0 Å². The number of amidine groups is 1. The molecule has 5 rings (SSSR count). The molecule has 0 spiro atoms. The van der Waals surface area contributed by atoms with E-state index in [1.807, 2.05) is 54.6 Å². The van der Waals surface area contributed by atoms with Crippen LogP contribution < -0.4 is 21.3 Å². The van der Waals surface area contributed by atoms with Crippen molar-refractivity contribution in [3.8, 4) is 0 Å². The molecule has 3 heterocycles. The van der Waals surface area contributed by atoms with Gasteiger partial charge in [0.2, 0.25) is 5.91 Å². The second-order valence-electron chi connectivity index (χ2n) is 7.75. The molecular weight excluding hydrogens is 412 g/mol. The zero-order valence-corrected chi connectivity index (χ0v) is 17.9. The van der Waals surface area contributed by atoms with Gasteiger partial charge in [0.05, 0.1) is 6.20 Å². The quantitative estimate of drug-likeness (QED) is 0.392. The highest BCUT2D eigenvalue weighted by Crippen LogP contribution is 2.32. The number of benzene rings is 1. The predicted molar refractivity (Wildman–Crippen MR) is 122 cm³/mol. The van der Waals surface area contributed by atoms with Crippen molar-refractivity contribution in [2.75, 3.05) is 23.7 Å². The molecule has 10 heteroatoms. The van der Waals surface area contributed by atoms with Gasteiger partial charge < -0.3 is 11.1 Å². The third-order valence-electron chi connectivity index (χ3n) is 5.12. The second kappa shape index (κ2) is 8.22. The molecule has 1 radical (unpaired) electrons. The van der Waals surface area contributed by atoms with Crippen molar-refractivity contribution in [1.29, 1.82) is 0 Å². The highest BCUT2D eigenvalue weighted by atomic mass is 32.2. The molecule has 1 saturated carbocycles. The standard InChI is InChI=1S/C21H24N8OS/c1-13-8-18(27-26-13)25-20-12-28(11-19-23-16(9-22)10-29(19)20)31-17-6-4-15(5-7-17)24-21(30)14-2-3-14/h4-8,10,12,14H,2-3,9,11,22H2,1H3,(H,24,30)(H2,25,26,27)/q+1. The predicted octanol–water partition coefficient (Wildman–Crippen LogP) is 2.65. The van der Waals surface area contributed by atoms with Crippen molar-refractivity contribution in [3.05, 3.63) is 59.9 Å². The number of aliphatic imine (C=N–C) groups is 1. The van der Waals surface area contributed by atoms with Crippen LogP contribution in [-0.2, 0) is 4.79 Å². The van der Waals surface area contributed by atoms with Crippen molar-refractivity contribution >= 4 is 35.2 Å². The van der Waals surface area contributed by atoms with E-state index >= 15 is 0 Å². The van der Waals surface area contributed by atoms with Gasteiger partial charge in [-0.3, -0.25) is 19.5 Å². The number of nitrogens with two attached hydrogens (primary N) is 1. The van der Waals surface area contributed by atoms with Crippen LogP contribution in [0.1, 0.15) is 18.5 Å². The number of amides is 1. The van der Waals surface area contributed by atoms with E-state index in [1.165, 1.54) is 0 Å². The van der Waals surface area contributed by atoms with Crippen molar-refractivity contribution in [3.63, 3.8) is 0 Å². The molecule has 31 heavy (non-hydrogen) atoms. The largest absolute Gasteiger partial charge is 0.326 e. The molecule has 159 valence electrons. The molecular formula is C21H24N8OS+. The van der Waals surface area contributed by atoms with E-state index in [9.17, 15) is 4.79 Å². The van der Waals surface area contributed by atoms with E-state index in [1.54, 1.807) is 11.9 Å². The first-order valence-electron chi connectivity index (χ1n) is 10.2. The van der Waals surface area contributed by atoms with Crippen LogP contribution >= 0.6 is 11.9 Å². The van der Waals surface area contributed by atoms with E-state index in [2.05, 4.69) is 30.1 Å². The number of hydrogen-bond acceptors (Lipinski definition) is 8. The van der Waals surface area contributed by atoms with Crippen LogP contribution in [0.4, 0.5) is 11.5 Å². The fourth-order valence-electron chi connectivity index (χ4n) is 3.36. The minimum Gasteiger partial charge on any atom is -0.326 e. The number of nitrogens with zero attached hydrogens (tertiary/aromatic N) is 4. The normalized spacial score (nSPS) is 18.3. The molecule has 0 saturated heterocycles. The van der Waals surface area contributed by atoms with Gasteiger partial charge in [-0.2, -0.15) is 10.1 Å². The Morgan fingerprint density at radius 3 is 2.84 bits per heavy atom. The number of aromatic nitrogens is 2. The molecule has 2 aliphatic heterocycles. The minimum absolute atomic E-state index is 0.117. The maximum Gasteiger partial charge on any atom is 0.285 e. The number of anilines is 2. The molecule has 1 fully saturated rings. The number of carbonyl (C=O) groups is 1. The smallest absolute Gasteiger partial charge is 0.285 e. The number of aromatic amines is 1. The summed E-state index contributed by atoms with van der Waals surface area (Å²) in [6.45, 7) is 2.98. The summed E-state index contributed by atoms with van der Waals surface area (Å²) in [4.78, 5) is 19.7. The van der Waals surface area contributed by atoms with Crippen LogP contribution in [0, 0.1) is 12.8 Å². The average molecular weight is 437 g/mol. The fourth-order valence-corrected chi connectivity index (χ4v) is 4.22. The SMILES string of the molecule is Cc1cc(NC2=CN(Sc3ccc(NC(=O)C4CC4)cc3)CC3=NC(CN)=C[N+]23)n[nH]1. The number of aryl methyl sites for hydroxylation is 1. The van der Waals surface area contributed by atoms with Gasteiger partial charge in [-0.05, 0) is 60.9 Å². The monoisotopic (exact) mass is 436 g/mol. The number of rotatable bonds is 7. The van der Waals surface area contributed by atoms with E-state index in [0.717, 1.165) is 52.3 Å². The summed E-state index contributed by atoms with van der Waals surface area (Å²) >= 11 is 1.60. The lowest BCUT2D eigenvalue weighted by molar-refractivity contribution is -0.117. The molecule has 3 aliphatic rings. The highest BCUT2D eigenvalue weighted by molar-refractivity contribution is 7.97. The Morgan fingerprint density at radius 2 is 2.16 bits per heavy atom. The van der Waals surface area contributed by atoms with Gasteiger partial charge in [0.1, 0.15) is 12.2 Å². The lowest BCUT2D eigenvalue weighted by Gasteiger charge is -2.24. The summed E-state index contributed by atoms with van der Waals surface area (Å²) in [7, 11) is 0. The van der Waals surface area contributed by atoms with Crippen LogP contribution in [0.3, 0.4) is 0 Å². The molecule has 2 aromatic rings. The Hall–Kier alpha value is -3.08. The number of fused-ring (bicyclic) bond motifs is 1. The van der Waals surface area contributed by atoms with E-state index in [0.29, 0.717) is 13.1 Å². The number of hydrogen-bond donors (Lipinski definition) is 4. The number of nitrogens with one attached hydrogen (secondary N) is 3. The maximum atomic E-state index is 11.9. The van der Waals surface area contributed by atoms with Gasteiger partial charge in [-0.1, -0.05) is 0 Å². The minimum atomic E-state index is 0.117. The van der Waals surface area contributed by atoms with Crippen molar-refractivity contribution < 1.29 is 4.79 Å². The summed E-state index contributed by atoms with van der Waals surface area (Å²) in [5.74, 6) is 2.80. The summed E-state index contributed by atoms with van der Waals surface area (Å²) in [5.41, 5.74) is 8.46. The Morgan fingerprint density at radius 1 is 1.35 bits per heavy atom. The third kappa shape index (κ3) is 4.50. The van der Waals surface area contributed by atoms with E-state index in [4.69, 9.17) is 5.73 Å². The second-order valence-corrected chi connectivity index (χ2v) is 8.88. The first kappa shape index (κ1) is 19.9. The summed E-state index contributed by atoms with van der Waals surface area (Å²) in [6, 6.07) is 9.85. The molecule has 5 N–H and O–H groups in total. The molecule has 1 amide bonds. The summed E-state index contributed by atoms with van der Waals surface area (Å²) < 4.78 is 2.11. The van der Waals surface area contributed by atoms with Crippen molar-refractivity contribution in [1.82, 2.24) is 19.4 Å². The summed E-state index contributed by atoms with van der Waals surface area (Å²) in [5, 5.41) is 13.6. The lowest BCUT2D eigenvalue weighted by atomic mass is 10.3. The van der Waals surface area contributed by atoms with Crippen LogP contribution in [0.2, 0.25) is 0 Å². The van der Waals surface area contributed by atoms with Gasteiger partial charge in [0, 0.05) is 34.8 Å². The first-order valence-corrected chi connectivity index (χ1v) is 11.0. The van der Waals surface area contributed by atoms with Gasteiger partial charge >= 0.3 is 0 Å². The molecule has 9 nitrogen and oxygen atoms in total. The molecule has 1 aromatic carbocycles. The van der Waals surface area contributed by atoms with E-state index < -0.39 is 0 Å². The van der Waals surface area contributed by atoms with Gasteiger partial charge in [0.15, 0.2) is 12.0 Å². The molecule has 1 aliphatic carbocycles. The zero-order chi connectivity index (χ0) is 21.4. The topological polar surface area (TPSA) is 117 Å². The highest BCUT2D eigenvalue weighted by Gasteiger charge is 2.39. The Kier molecular flexibility index (Phi) is 5.26. The molecule has 0 unspecified atom stereocenters. The van der Waals surface area contributed by atoms with E-state index in [-0.39, 0.29) is 11.8 Å². The summed E-state index contributed by atoms with van der Waals surface area (Å²) in [6.07, 6.45) is 5.98. The Balaban J connectivity index is 1.31. The van der Waals surface area contributed by atoms with Gasteiger partial charge in [0.25, 0.3) is 11.7 Å². The van der Waals surface area contributed by atoms with Crippen LogP contribution in [0.15, 0.2) is 64.1 Å².